The molecule has 0 aliphatic carbocycles. The maximum absolute atomic E-state index is 14.2. The number of rotatable bonds is 3. The van der Waals surface area contributed by atoms with Crippen LogP contribution in [0.3, 0.4) is 0 Å². The van der Waals surface area contributed by atoms with Crippen molar-refractivity contribution in [3.8, 4) is 32.5 Å². The summed E-state index contributed by atoms with van der Waals surface area (Å²) in [5.41, 5.74) is 2.37. The summed E-state index contributed by atoms with van der Waals surface area (Å²) < 4.78 is 15.9. The molecule has 0 saturated heterocycles. The van der Waals surface area contributed by atoms with Crippen molar-refractivity contribution >= 4 is 34.5 Å². The zero-order valence-electron chi connectivity index (χ0n) is 14.5. The average Bonchev–Trinajstić information content (AvgIpc) is 3.18. The van der Waals surface area contributed by atoms with E-state index < -0.39 is 5.82 Å². The standard InChI is InChI=1S/C20H14Cl2FN3S/c1-11-10-16(12-6-8-13(21)9-7-12)27-18(11)20-24-19(25-26(20)2)17-14(22)4-3-5-15(17)23/h3-10H,1-2H3. The Morgan fingerprint density at radius 1 is 1.07 bits per heavy atom. The molecule has 3 nitrogen and oxygen atoms in total. The van der Waals surface area contributed by atoms with Crippen LogP contribution in [0, 0.1) is 12.7 Å². The molecule has 4 rings (SSSR count). The third kappa shape index (κ3) is 3.38. The van der Waals surface area contributed by atoms with Crippen LogP contribution >= 0.6 is 34.5 Å². The number of halogens is 3. The summed E-state index contributed by atoms with van der Waals surface area (Å²) in [6.45, 7) is 2.02. The van der Waals surface area contributed by atoms with Crippen molar-refractivity contribution in [3.63, 3.8) is 0 Å². The van der Waals surface area contributed by atoms with Gasteiger partial charge in [-0.15, -0.1) is 11.3 Å². The minimum absolute atomic E-state index is 0.216. The molecule has 2 aromatic heterocycles. The Labute approximate surface area is 170 Å². The summed E-state index contributed by atoms with van der Waals surface area (Å²) in [5, 5.41) is 5.37. The highest BCUT2D eigenvalue weighted by molar-refractivity contribution is 7.19. The number of aromatic nitrogens is 3. The molecule has 0 saturated carbocycles. The van der Waals surface area contributed by atoms with Crippen LogP contribution in [0.15, 0.2) is 48.5 Å². The third-order valence-corrected chi connectivity index (χ3v) is 6.05. The molecule has 136 valence electrons. The van der Waals surface area contributed by atoms with Crippen molar-refractivity contribution in [2.75, 3.05) is 0 Å². The first-order valence-corrected chi connectivity index (χ1v) is 9.73. The molecule has 0 bridgehead atoms. The van der Waals surface area contributed by atoms with Crippen LogP contribution in [0.2, 0.25) is 10.0 Å². The smallest absolute Gasteiger partial charge is 0.186 e. The minimum Gasteiger partial charge on any atom is -0.248 e. The van der Waals surface area contributed by atoms with Crippen molar-refractivity contribution in [2.45, 2.75) is 6.92 Å². The molecule has 27 heavy (non-hydrogen) atoms. The van der Waals surface area contributed by atoms with Crippen LogP contribution in [-0.4, -0.2) is 14.8 Å². The SMILES string of the molecule is Cc1cc(-c2ccc(Cl)cc2)sc1-c1nc(-c2c(F)cccc2Cl)nn1C. The molecule has 0 radical (unpaired) electrons. The Bertz CT molecular complexity index is 1110. The van der Waals surface area contributed by atoms with E-state index in [-0.39, 0.29) is 16.4 Å². The predicted octanol–water partition coefficient (Wildman–Crippen LogP) is 6.63. The van der Waals surface area contributed by atoms with E-state index in [4.69, 9.17) is 23.2 Å². The first kappa shape index (κ1) is 18.2. The maximum atomic E-state index is 14.2. The molecule has 0 aliphatic rings. The van der Waals surface area contributed by atoms with E-state index in [1.54, 1.807) is 35.2 Å². The van der Waals surface area contributed by atoms with E-state index in [0.29, 0.717) is 10.8 Å². The summed E-state index contributed by atoms with van der Waals surface area (Å²) in [7, 11) is 1.79. The maximum Gasteiger partial charge on any atom is 0.186 e. The van der Waals surface area contributed by atoms with Crippen molar-refractivity contribution in [2.24, 2.45) is 7.05 Å². The summed E-state index contributed by atoms with van der Waals surface area (Å²) in [4.78, 5) is 6.66. The van der Waals surface area contributed by atoms with Crippen LogP contribution in [0.25, 0.3) is 32.5 Å². The van der Waals surface area contributed by atoms with Gasteiger partial charge >= 0.3 is 0 Å². The third-order valence-electron chi connectivity index (χ3n) is 4.20. The molecule has 2 aromatic carbocycles. The van der Waals surface area contributed by atoms with E-state index >= 15 is 0 Å². The van der Waals surface area contributed by atoms with Gasteiger partial charge in [0.05, 0.1) is 15.5 Å². The molecular formula is C20H14Cl2FN3S. The highest BCUT2D eigenvalue weighted by atomic mass is 35.5. The van der Waals surface area contributed by atoms with E-state index in [1.165, 1.54) is 6.07 Å². The highest BCUT2D eigenvalue weighted by Crippen LogP contribution is 2.38. The molecule has 0 aliphatic heterocycles. The fourth-order valence-electron chi connectivity index (χ4n) is 2.86. The molecule has 4 aromatic rings. The van der Waals surface area contributed by atoms with Crippen molar-refractivity contribution in [1.29, 1.82) is 0 Å². The molecule has 0 N–H and O–H groups in total. The Balaban J connectivity index is 1.79. The molecule has 0 fully saturated rings. The average molecular weight is 418 g/mol. The Morgan fingerprint density at radius 3 is 2.52 bits per heavy atom. The van der Waals surface area contributed by atoms with Gasteiger partial charge in [0, 0.05) is 16.9 Å². The Morgan fingerprint density at radius 2 is 1.81 bits per heavy atom. The van der Waals surface area contributed by atoms with Crippen LogP contribution in [-0.2, 0) is 7.05 Å². The van der Waals surface area contributed by atoms with Gasteiger partial charge in [-0.05, 0) is 48.4 Å². The molecular weight excluding hydrogens is 404 g/mol. The van der Waals surface area contributed by atoms with Crippen molar-refractivity contribution < 1.29 is 4.39 Å². The van der Waals surface area contributed by atoms with Gasteiger partial charge in [0.2, 0.25) is 0 Å². The summed E-state index contributed by atoms with van der Waals surface area (Å²) in [5.74, 6) is 0.507. The van der Waals surface area contributed by atoms with Gasteiger partial charge < -0.3 is 0 Å². The quantitative estimate of drug-likeness (QED) is 0.374. The molecule has 0 spiro atoms. The van der Waals surface area contributed by atoms with E-state index in [1.807, 2.05) is 31.2 Å². The number of hydrogen-bond donors (Lipinski definition) is 0. The lowest BCUT2D eigenvalue weighted by Gasteiger charge is -2.00. The topological polar surface area (TPSA) is 30.7 Å². The minimum atomic E-state index is -0.440. The first-order valence-electron chi connectivity index (χ1n) is 8.16. The number of benzene rings is 2. The number of aryl methyl sites for hydroxylation is 2. The monoisotopic (exact) mass is 417 g/mol. The first-order chi connectivity index (χ1) is 12.9. The summed E-state index contributed by atoms with van der Waals surface area (Å²) in [6, 6.07) is 14.4. The van der Waals surface area contributed by atoms with Gasteiger partial charge in [0.15, 0.2) is 11.6 Å². The second kappa shape index (κ2) is 7.08. The van der Waals surface area contributed by atoms with Crippen molar-refractivity contribution in [1.82, 2.24) is 14.8 Å². The fourth-order valence-corrected chi connectivity index (χ4v) is 4.43. The van der Waals surface area contributed by atoms with E-state index in [9.17, 15) is 4.39 Å². The second-order valence-electron chi connectivity index (χ2n) is 6.11. The zero-order valence-corrected chi connectivity index (χ0v) is 16.8. The van der Waals surface area contributed by atoms with Gasteiger partial charge in [-0.2, -0.15) is 5.10 Å². The molecule has 7 heteroatoms. The van der Waals surface area contributed by atoms with Gasteiger partial charge in [-0.3, -0.25) is 0 Å². The molecule has 2 heterocycles. The summed E-state index contributed by atoms with van der Waals surface area (Å²) >= 11 is 13.8. The van der Waals surface area contributed by atoms with E-state index in [0.717, 1.165) is 20.9 Å². The largest absolute Gasteiger partial charge is 0.248 e. The predicted molar refractivity (Wildman–Crippen MR) is 110 cm³/mol. The lowest BCUT2D eigenvalue weighted by molar-refractivity contribution is 0.629. The van der Waals surface area contributed by atoms with Crippen LogP contribution in [0.1, 0.15) is 5.56 Å². The number of thiophene rings is 1. The Hall–Kier alpha value is -2.21. The van der Waals surface area contributed by atoms with Crippen LogP contribution in [0.5, 0.6) is 0 Å². The highest BCUT2D eigenvalue weighted by Gasteiger charge is 2.20. The summed E-state index contributed by atoms with van der Waals surface area (Å²) in [6.07, 6.45) is 0. The lowest BCUT2D eigenvalue weighted by Crippen LogP contribution is -1.94. The molecule has 0 atom stereocenters. The zero-order chi connectivity index (χ0) is 19.1. The number of hydrogen-bond acceptors (Lipinski definition) is 3. The van der Waals surface area contributed by atoms with Gasteiger partial charge in [-0.1, -0.05) is 41.4 Å². The number of nitrogens with zero attached hydrogens (tertiary/aromatic N) is 3. The lowest BCUT2D eigenvalue weighted by atomic mass is 10.1. The van der Waals surface area contributed by atoms with Crippen LogP contribution in [0.4, 0.5) is 4.39 Å². The fraction of sp³-hybridized carbons (Fsp3) is 0.100. The molecule has 0 amide bonds. The van der Waals surface area contributed by atoms with E-state index in [2.05, 4.69) is 16.1 Å². The van der Waals surface area contributed by atoms with Gasteiger partial charge in [-0.25, -0.2) is 14.1 Å². The second-order valence-corrected chi connectivity index (χ2v) is 8.00. The van der Waals surface area contributed by atoms with Gasteiger partial charge in [0.1, 0.15) is 5.82 Å². The van der Waals surface area contributed by atoms with Crippen molar-refractivity contribution in [3.05, 3.63) is 70.0 Å². The van der Waals surface area contributed by atoms with Crippen LogP contribution < -0.4 is 0 Å². The van der Waals surface area contributed by atoms with Gasteiger partial charge in [0.25, 0.3) is 0 Å². The normalized spacial score (nSPS) is 11.1. The Kier molecular flexibility index (Phi) is 4.76. The molecule has 0 unspecified atom stereocenters.